The first-order valence-electron chi connectivity index (χ1n) is 11.6. The van der Waals surface area contributed by atoms with Crippen molar-refractivity contribution in [3.05, 3.63) is 71.2 Å². The zero-order valence-electron chi connectivity index (χ0n) is 19.7. The molecule has 0 radical (unpaired) electrons. The molecule has 4 rings (SSSR count). The molecule has 1 aliphatic rings. The Morgan fingerprint density at radius 2 is 1.74 bits per heavy atom. The van der Waals surface area contributed by atoms with E-state index in [0.717, 1.165) is 16.3 Å². The van der Waals surface area contributed by atoms with E-state index in [4.69, 9.17) is 11.6 Å². The quantitative estimate of drug-likeness (QED) is 0.461. The topological polar surface area (TPSA) is 86.8 Å². The van der Waals surface area contributed by atoms with E-state index < -0.39 is 16.1 Å². The Bertz CT molecular complexity index is 1350. The summed E-state index contributed by atoms with van der Waals surface area (Å²) in [6.45, 7) is 4.41. The van der Waals surface area contributed by atoms with E-state index >= 15 is 0 Å². The standard InChI is InChI=1S/C26H28ClN3O4S/c1-3-28-26(32)18(2)29(17-19-12-14-21(27)15-13-19)24(31)11-6-16-30-22-9-4-7-20-8-5-10-23(25(20)22)35(30,33)34/h4-5,7-10,12-15,18H,3,6,11,16-17H2,1-2H3,(H,28,32). The third kappa shape index (κ3) is 4.99. The summed E-state index contributed by atoms with van der Waals surface area (Å²) in [5, 5.41) is 4.94. The van der Waals surface area contributed by atoms with Crippen molar-refractivity contribution >= 4 is 49.9 Å². The summed E-state index contributed by atoms with van der Waals surface area (Å²) in [5.41, 5.74) is 1.49. The molecule has 9 heteroatoms. The average molecular weight is 514 g/mol. The number of sulfonamides is 1. The van der Waals surface area contributed by atoms with Gasteiger partial charge in [-0.2, -0.15) is 0 Å². The van der Waals surface area contributed by atoms with Crippen LogP contribution in [0.2, 0.25) is 5.02 Å². The molecule has 7 nitrogen and oxygen atoms in total. The van der Waals surface area contributed by atoms with E-state index in [1.807, 2.05) is 37.3 Å². The molecule has 1 aliphatic heterocycles. The van der Waals surface area contributed by atoms with Gasteiger partial charge in [0.25, 0.3) is 10.0 Å². The third-order valence-electron chi connectivity index (χ3n) is 6.22. The van der Waals surface area contributed by atoms with Crippen LogP contribution in [0.4, 0.5) is 5.69 Å². The molecule has 3 aromatic carbocycles. The predicted molar refractivity (Wildman–Crippen MR) is 138 cm³/mol. The highest BCUT2D eigenvalue weighted by molar-refractivity contribution is 7.93. The molecule has 0 saturated carbocycles. The van der Waals surface area contributed by atoms with E-state index in [-0.39, 0.29) is 31.3 Å². The van der Waals surface area contributed by atoms with Crippen LogP contribution in [-0.4, -0.2) is 44.3 Å². The molecule has 1 heterocycles. The van der Waals surface area contributed by atoms with Crippen molar-refractivity contribution in [2.45, 2.75) is 44.2 Å². The largest absolute Gasteiger partial charge is 0.355 e. The summed E-state index contributed by atoms with van der Waals surface area (Å²) in [5.74, 6) is -0.454. The lowest BCUT2D eigenvalue weighted by atomic mass is 10.1. The number of halogens is 1. The van der Waals surface area contributed by atoms with Gasteiger partial charge in [-0.25, -0.2) is 8.42 Å². The zero-order chi connectivity index (χ0) is 25.2. The van der Waals surface area contributed by atoms with Crippen molar-refractivity contribution in [1.29, 1.82) is 0 Å². The van der Waals surface area contributed by atoms with Gasteiger partial charge >= 0.3 is 0 Å². The molecular formula is C26H28ClN3O4S. The minimum atomic E-state index is -3.67. The Morgan fingerprint density at radius 3 is 2.43 bits per heavy atom. The van der Waals surface area contributed by atoms with Crippen LogP contribution in [0.1, 0.15) is 32.3 Å². The Hall–Kier alpha value is -3.10. The number of likely N-dealkylation sites (N-methyl/N-ethyl adjacent to an activating group) is 1. The number of amides is 2. The molecular weight excluding hydrogens is 486 g/mol. The first-order chi connectivity index (χ1) is 16.7. The van der Waals surface area contributed by atoms with Crippen LogP contribution >= 0.6 is 11.6 Å². The third-order valence-corrected chi connectivity index (χ3v) is 8.33. The number of rotatable bonds is 9. The highest BCUT2D eigenvalue weighted by atomic mass is 35.5. The molecule has 2 amide bonds. The summed E-state index contributed by atoms with van der Waals surface area (Å²) in [7, 11) is -3.67. The minimum absolute atomic E-state index is 0.107. The van der Waals surface area contributed by atoms with E-state index in [1.54, 1.807) is 37.3 Å². The molecule has 1 unspecified atom stereocenters. The molecule has 0 spiro atoms. The number of nitrogens with zero attached hydrogens (tertiary/aromatic N) is 2. The number of carbonyl (C=O) groups is 2. The summed E-state index contributed by atoms with van der Waals surface area (Å²) in [6, 6.07) is 17.2. The van der Waals surface area contributed by atoms with Crippen LogP contribution in [0.5, 0.6) is 0 Å². The molecule has 0 aromatic heterocycles. The van der Waals surface area contributed by atoms with Gasteiger partial charge in [0.05, 0.1) is 10.6 Å². The summed E-state index contributed by atoms with van der Waals surface area (Å²) >= 11 is 5.98. The molecule has 35 heavy (non-hydrogen) atoms. The lowest BCUT2D eigenvalue weighted by Gasteiger charge is -2.29. The molecule has 3 aromatic rings. The second kappa shape index (κ2) is 10.3. The van der Waals surface area contributed by atoms with Crippen molar-refractivity contribution in [2.24, 2.45) is 0 Å². The van der Waals surface area contributed by atoms with E-state index in [0.29, 0.717) is 28.6 Å². The number of anilines is 1. The first-order valence-corrected chi connectivity index (χ1v) is 13.4. The van der Waals surface area contributed by atoms with Gasteiger partial charge < -0.3 is 10.2 Å². The van der Waals surface area contributed by atoms with Crippen molar-refractivity contribution < 1.29 is 18.0 Å². The Labute approximate surface area is 210 Å². The van der Waals surface area contributed by atoms with Gasteiger partial charge in [0, 0.05) is 36.5 Å². The van der Waals surface area contributed by atoms with Crippen molar-refractivity contribution in [3.8, 4) is 0 Å². The van der Waals surface area contributed by atoms with Gasteiger partial charge in [0.15, 0.2) is 0 Å². The van der Waals surface area contributed by atoms with Gasteiger partial charge in [-0.15, -0.1) is 0 Å². The van der Waals surface area contributed by atoms with E-state index in [9.17, 15) is 18.0 Å². The van der Waals surface area contributed by atoms with Crippen LogP contribution in [0, 0.1) is 0 Å². The fourth-order valence-electron chi connectivity index (χ4n) is 4.41. The molecule has 0 bridgehead atoms. The fourth-order valence-corrected chi connectivity index (χ4v) is 6.28. The smallest absolute Gasteiger partial charge is 0.265 e. The van der Waals surface area contributed by atoms with Crippen LogP contribution in [0.25, 0.3) is 10.8 Å². The summed E-state index contributed by atoms with van der Waals surface area (Å²) in [4.78, 5) is 27.6. The number of nitrogens with one attached hydrogen (secondary N) is 1. The highest BCUT2D eigenvalue weighted by Crippen LogP contribution is 2.42. The monoisotopic (exact) mass is 513 g/mol. The van der Waals surface area contributed by atoms with Gasteiger partial charge in [-0.05, 0) is 55.5 Å². The molecule has 0 fully saturated rings. The van der Waals surface area contributed by atoms with Gasteiger partial charge in [-0.1, -0.05) is 48.0 Å². The van der Waals surface area contributed by atoms with Crippen molar-refractivity contribution in [1.82, 2.24) is 10.2 Å². The Balaban J connectivity index is 1.49. The maximum absolute atomic E-state index is 13.3. The Kier molecular flexibility index (Phi) is 7.33. The van der Waals surface area contributed by atoms with Crippen molar-refractivity contribution in [3.63, 3.8) is 0 Å². The van der Waals surface area contributed by atoms with E-state index in [1.165, 1.54) is 9.21 Å². The van der Waals surface area contributed by atoms with Crippen molar-refractivity contribution in [2.75, 3.05) is 17.4 Å². The highest BCUT2D eigenvalue weighted by Gasteiger charge is 2.35. The average Bonchev–Trinajstić information content (AvgIpc) is 3.06. The normalized spacial score (nSPS) is 14.7. The Morgan fingerprint density at radius 1 is 1.06 bits per heavy atom. The molecule has 184 valence electrons. The van der Waals surface area contributed by atoms with Crippen LogP contribution in [0.3, 0.4) is 0 Å². The summed E-state index contributed by atoms with van der Waals surface area (Å²) in [6.07, 6.45) is 0.428. The SMILES string of the molecule is CCNC(=O)C(C)N(Cc1ccc(Cl)cc1)C(=O)CCCN1c2cccc3cccc(c23)S1(=O)=O. The van der Waals surface area contributed by atoms with Crippen LogP contribution in [-0.2, 0) is 26.2 Å². The maximum Gasteiger partial charge on any atom is 0.265 e. The van der Waals surface area contributed by atoms with Gasteiger partial charge in [0.2, 0.25) is 11.8 Å². The number of carbonyl (C=O) groups excluding carboxylic acids is 2. The number of benzene rings is 3. The van der Waals surface area contributed by atoms with Gasteiger partial charge in [-0.3, -0.25) is 13.9 Å². The second-order valence-corrected chi connectivity index (χ2v) is 10.8. The number of hydrogen-bond donors (Lipinski definition) is 1. The van der Waals surface area contributed by atoms with E-state index in [2.05, 4.69) is 5.32 Å². The first kappa shape index (κ1) is 25.0. The molecule has 0 saturated heterocycles. The molecule has 1 atom stereocenters. The second-order valence-electron chi connectivity index (χ2n) is 8.53. The minimum Gasteiger partial charge on any atom is -0.355 e. The fraction of sp³-hybridized carbons (Fsp3) is 0.308. The van der Waals surface area contributed by atoms with Gasteiger partial charge in [0.1, 0.15) is 6.04 Å². The number of hydrogen-bond acceptors (Lipinski definition) is 4. The summed E-state index contributed by atoms with van der Waals surface area (Å²) < 4.78 is 27.7. The maximum atomic E-state index is 13.3. The molecule has 1 N–H and O–H groups in total. The lowest BCUT2D eigenvalue weighted by molar-refractivity contribution is -0.140. The lowest BCUT2D eigenvalue weighted by Crippen LogP contribution is -2.47. The zero-order valence-corrected chi connectivity index (χ0v) is 21.3. The van der Waals surface area contributed by atoms with Crippen LogP contribution in [0.15, 0.2) is 65.6 Å². The molecule has 0 aliphatic carbocycles. The van der Waals surface area contributed by atoms with Crippen LogP contribution < -0.4 is 9.62 Å². The predicted octanol–water partition coefficient (Wildman–Crippen LogP) is 4.34.